The van der Waals surface area contributed by atoms with Crippen molar-refractivity contribution in [2.45, 2.75) is 355 Å². The Balaban J connectivity index is 5.25. The van der Waals surface area contributed by atoms with Crippen LogP contribution in [0.3, 0.4) is 0 Å². The number of esters is 4. The van der Waals surface area contributed by atoms with Crippen LogP contribution in [0, 0.1) is 5.92 Å². The molecule has 0 spiro atoms. The maximum atomic E-state index is 13.0. The van der Waals surface area contributed by atoms with Crippen LogP contribution in [0.25, 0.3) is 0 Å². The van der Waals surface area contributed by atoms with Crippen molar-refractivity contribution in [1.29, 1.82) is 0 Å². The Hall–Kier alpha value is -1.94. The molecule has 3 unspecified atom stereocenters. The molecule has 0 saturated heterocycles. The first-order valence-electron chi connectivity index (χ1n) is 34.7. The summed E-state index contributed by atoms with van der Waals surface area (Å²) >= 11 is 0. The van der Waals surface area contributed by atoms with Gasteiger partial charge in [0.05, 0.1) is 26.4 Å². The Kier molecular flexibility index (Phi) is 58.3. The van der Waals surface area contributed by atoms with E-state index in [9.17, 15) is 43.2 Å². The van der Waals surface area contributed by atoms with Gasteiger partial charge >= 0.3 is 39.5 Å². The van der Waals surface area contributed by atoms with Gasteiger partial charge in [-0.2, -0.15) is 0 Å². The highest BCUT2D eigenvalue weighted by molar-refractivity contribution is 7.47. The lowest BCUT2D eigenvalue weighted by molar-refractivity contribution is -0.161. The van der Waals surface area contributed by atoms with Crippen molar-refractivity contribution in [3.8, 4) is 0 Å². The molecule has 17 nitrogen and oxygen atoms in total. The first-order chi connectivity index (χ1) is 41.1. The molecule has 19 heteroatoms. The van der Waals surface area contributed by atoms with Crippen LogP contribution in [0.5, 0.6) is 0 Å². The summed E-state index contributed by atoms with van der Waals surface area (Å²) in [4.78, 5) is 72.3. The summed E-state index contributed by atoms with van der Waals surface area (Å²) < 4.78 is 68.1. The molecule has 504 valence electrons. The van der Waals surface area contributed by atoms with Crippen LogP contribution < -0.4 is 0 Å². The standard InChI is InChI=1S/C66H128O17P2/c1-6-10-13-16-19-22-25-27-29-35-40-45-50-64(69)77-56-62(83-66(71)52-47-42-37-32-31-33-38-43-48-59(5)9-4)58-81-85(74,75)79-54-60(67)53-78-84(72,73)80-57-61(55-76-63(68)49-44-39-34-28-24-21-18-15-12-8-3)82-65(70)51-46-41-36-30-26-23-20-17-14-11-7-2/h59-62,67H,6-58H2,1-5H3,(H,72,73)(H,74,75)/t59?,60-,61+,62+/m0/s1. The maximum absolute atomic E-state index is 13.0. The second-order valence-corrected chi connectivity index (χ2v) is 27.0. The zero-order valence-electron chi connectivity index (χ0n) is 54.7. The van der Waals surface area contributed by atoms with Gasteiger partial charge in [-0.15, -0.1) is 0 Å². The van der Waals surface area contributed by atoms with Crippen LogP contribution in [0.15, 0.2) is 0 Å². The van der Waals surface area contributed by atoms with Gasteiger partial charge in [0.15, 0.2) is 12.2 Å². The van der Waals surface area contributed by atoms with Gasteiger partial charge in [0.25, 0.3) is 0 Å². The maximum Gasteiger partial charge on any atom is 0.472 e. The predicted octanol–water partition coefficient (Wildman–Crippen LogP) is 18.6. The van der Waals surface area contributed by atoms with Gasteiger partial charge < -0.3 is 33.8 Å². The zero-order valence-corrected chi connectivity index (χ0v) is 56.5. The molecule has 0 amide bonds. The van der Waals surface area contributed by atoms with E-state index in [4.69, 9.17) is 37.0 Å². The van der Waals surface area contributed by atoms with Crippen molar-refractivity contribution in [3.63, 3.8) is 0 Å². The molecule has 0 heterocycles. The Morgan fingerprint density at radius 3 is 0.835 bits per heavy atom. The number of aliphatic hydroxyl groups excluding tert-OH is 1. The number of carbonyl (C=O) groups is 4. The van der Waals surface area contributed by atoms with E-state index in [0.29, 0.717) is 25.7 Å². The number of carbonyl (C=O) groups excluding carboxylic acids is 4. The molecule has 0 bridgehead atoms. The van der Waals surface area contributed by atoms with Crippen LogP contribution in [-0.2, 0) is 65.4 Å². The summed E-state index contributed by atoms with van der Waals surface area (Å²) in [5, 5.41) is 10.6. The number of phosphoric ester groups is 2. The quantitative estimate of drug-likeness (QED) is 0.0222. The van der Waals surface area contributed by atoms with Gasteiger partial charge in [0, 0.05) is 25.7 Å². The molecular weight excluding hydrogens is 1130 g/mol. The van der Waals surface area contributed by atoms with Crippen molar-refractivity contribution >= 4 is 39.5 Å². The number of ether oxygens (including phenoxy) is 4. The van der Waals surface area contributed by atoms with Gasteiger partial charge in [0.1, 0.15) is 19.3 Å². The van der Waals surface area contributed by atoms with E-state index in [0.717, 1.165) is 95.8 Å². The smallest absolute Gasteiger partial charge is 0.462 e. The minimum absolute atomic E-state index is 0.105. The Bertz CT molecular complexity index is 1650. The van der Waals surface area contributed by atoms with Crippen molar-refractivity contribution < 1.29 is 80.2 Å². The molecule has 6 atom stereocenters. The second-order valence-electron chi connectivity index (χ2n) is 24.1. The summed E-state index contributed by atoms with van der Waals surface area (Å²) in [6.45, 7) is 7.20. The van der Waals surface area contributed by atoms with Crippen molar-refractivity contribution in [2.75, 3.05) is 39.6 Å². The fourth-order valence-electron chi connectivity index (χ4n) is 9.90. The van der Waals surface area contributed by atoms with Gasteiger partial charge in [-0.25, -0.2) is 9.13 Å². The first kappa shape index (κ1) is 83.1. The summed E-state index contributed by atoms with van der Waals surface area (Å²) in [5.41, 5.74) is 0. The molecule has 0 aromatic carbocycles. The average molecular weight is 1260 g/mol. The summed E-state index contributed by atoms with van der Waals surface area (Å²) in [6.07, 6.45) is 44.2. The van der Waals surface area contributed by atoms with E-state index in [1.165, 1.54) is 161 Å². The van der Waals surface area contributed by atoms with E-state index in [1.54, 1.807) is 0 Å². The number of phosphoric acid groups is 2. The van der Waals surface area contributed by atoms with Crippen LogP contribution in [-0.4, -0.2) is 96.7 Å². The van der Waals surface area contributed by atoms with Gasteiger partial charge in [-0.1, -0.05) is 285 Å². The number of hydrogen-bond acceptors (Lipinski definition) is 15. The van der Waals surface area contributed by atoms with Crippen LogP contribution in [0.4, 0.5) is 0 Å². The number of aliphatic hydroxyl groups is 1. The molecule has 0 rings (SSSR count). The molecule has 0 aliphatic rings. The molecule has 0 aliphatic carbocycles. The summed E-state index contributed by atoms with van der Waals surface area (Å²) in [5.74, 6) is -1.36. The molecule has 0 radical (unpaired) electrons. The molecular formula is C66H128O17P2. The number of unbranched alkanes of at least 4 members (excludes halogenated alkanes) is 37. The third kappa shape index (κ3) is 59.5. The molecule has 0 aliphatic heterocycles. The third-order valence-electron chi connectivity index (χ3n) is 15.6. The second kappa shape index (κ2) is 59.7. The number of rotatable bonds is 66. The van der Waals surface area contributed by atoms with Crippen LogP contribution >= 0.6 is 15.6 Å². The summed E-state index contributed by atoms with van der Waals surface area (Å²) in [7, 11) is -9.89. The zero-order chi connectivity index (χ0) is 62.8. The Morgan fingerprint density at radius 2 is 0.565 bits per heavy atom. The Morgan fingerprint density at radius 1 is 0.329 bits per heavy atom. The van der Waals surface area contributed by atoms with E-state index >= 15 is 0 Å². The molecule has 0 aromatic heterocycles. The van der Waals surface area contributed by atoms with E-state index in [1.807, 2.05) is 0 Å². The minimum atomic E-state index is -4.95. The molecule has 0 saturated carbocycles. The lowest BCUT2D eigenvalue weighted by atomic mass is 9.99. The molecule has 85 heavy (non-hydrogen) atoms. The Labute approximate surface area is 517 Å². The fraction of sp³-hybridized carbons (Fsp3) is 0.939. The topological polar surface area (TPSA) is 237 Å². The van der Waals surface area contributed by atoms with Crippen molar-refractivity contribution in [2.24, 2.45) is 5.92 Å². The fourth-order valence-corrected chi connectivity index (χ4v) is 11.5. The van der Waals surface area contributed by atoms with Crippen LogP contribution in [0.1, 0.15) is 336 Å². The number of hydrogen-bond donors (Lipinski definition) is 3. The first-order valence-corrected chi connectivity index (χ1v) is 37.7. The van der Waals surface area contributed by atoms with E-state index in [-0.39, 0.29) is 25.7 Å². The molecule has 3 N–H and O–H groups in total. The normalized spacial score (nSPS) is 14.5. The molecule has 0 fully saturated rings. The average Bonchev–Trinajstić information content (AvgIpc) is 3.55. The SMILES string of the molecule is CCCCCCCCCCCCCCC(=O)OC[C@H](COP(=O)(O)OC[C@@H](O)COP(=O)(O)OC[C@@H](COC(=O)CCCCCCCCCCCC)OC(=O)CCCCCCCCCCCCC)OC(=O)CCCCCCCCCCC(C)CC. The summed E-state index contributed by atoms with van der Waals surface area (Å²) in [6, 6.07) is 0. The van der Waals surface area contributed by atoms with Gasteiger partial charge in [0.2, 0.25) is 0 Å². The van der Waals surface area contributed by atoms with Gasteiger partial charge in [-0.05, 0) is 31.6 Å². The lowest BCUT2D eigenvalue weighted by Crippen LogP contribution is -2.30. The highest BCUT2D eigenvalue weighted by Crippen LogP contribution is 2.45. The third-order valence-corrected chi connectivity index (χ3v) is 17.5. The molecule has 0 aromatic rings. The van der Waals surface area contributed by atoms with E-state index in [2.05, 4.69) is 34.6 Å². The van der Waals surface area contributed by atoms with Gasteiger partial charge in [-0.3, -0.25) is 37.3 Å². The highest BCUT2D eigenvalue weighted by atomic mass is 31.2. The lowest BCUT2D eigenvalue weighted by Gasteiger charge is -2.21. The monoisotopic (exact) mass is 1250 g/mol. The predicted molar refractivity (Wildman–Crippen MR) is 340 cm³/mol. The van der Waals surface area contributed by atoms with Crippen LogP contribution in [0.2, 0.25) is 0 Å². The van der Waals surface area contributed by atoms with Crippen molar-refractivity contribution in [1.82, 2.24) is 0 Å². The minimum Gasteiger partial charge on any atom is -0.462 e. The highest BCUT2D eigenvalue weighted by Gasteiger charge is 2.30. The van der Waals surface area contributed by atoms with Crippen molar-refractivity contribution in [3.05, 3.63) is 0 Å². The largest absolute Gasteiger partial charge is 0.472 e. The van der Waals surface area contributed by atoms with E-state index < -0.39 is 97.5 Å².